The maximum atomic E-state index is 13.1. The van der Waals surface area contributed by atoms with Gasteiger partial charge in [-0.15, -0.1) is 0 Å². The number of halogens is 5. The van der Waals surface area contributed by atoms with E-state index in [9.17, 15) is 27.6 Å². The van der Waals surface area contributed by atoms with Crippen LogP contribution in [0.2, 0.25) is 0 Å². The van der Waals surface area contributed by atoms with E-state index in [2.05, 4.69) is 37.2 Å². The minimum Gasteiger partial charge on any atom is -0.464 e. The maximum Gasteiger partial charge on any atom is 0.416 e. The average Bonchev–Trinajstić information content (AvgIpc) is 2.68. The number of benzene rings is 2. The first-order chi connectivity index (χ1) is 14.4. The molecule has 2 aromatic rings. The smallest absolute Gasteiger partial charge is 0.416 e. The second kappa shape index (κ2) is 10.4. The molecule has 5 nitrogen and oxygen atoms in total. The van der Waals surface area contributed by atoms with Crippen LogP contribution in [0.5, 0.6) is 0 Å². The van der Waals surface area contributed by atoms with E-state index in [1.54, 1.807) is 0 Å². The molecule has 0 saturated carbocycles. The van der Waals surface area contributed by atoms with Gasteiger partial charge in [0.1, 0.15) is 6.54 Å². The van der Waals surface area contributed by atoms with Gasteiger partial charge in [-0.25, -0.2) is 0 Å². The highest BCUT2D eigenvalue weighted by molar-refractivity contribution is 9.10. The van der Waals surface area contributed by atoms with E-state index < -0.39 is 29.4 Å². The van der Waals surface area contributed by atoms with E-state index in [1.165, 1.54) is 24.3 Å². The number of carbonyl (C=O) groups is 3. The van der Waals surface area contributed by atoms with E-state index in [4.69, 9.17) is 4.74 Å². The molecular formula is C21H18Br2F3NO4. The number of carbonyl (C=O) groups excluding carboxylic acids is 3. The number of ketones is 1. The first-order valence-corrected chi connectivity index (χ1v) is 10.6. The molecule has 0 unspecified atom stereocenters. The Morgan fingerprint density at radius 2 is 1.48 bits per heavy atom. The molecule has 2 rings (SSSR count). The predicted octanol–water partition coefficient (Wildman–Crippen LogP) is 5.39. The second-order valence-electron chi connectivity index (χ2n) is 7.04. The van der Waals surface area contributed by atoms with Crippen LogP contribution >= 0.6 is 31.9 Å². The van der Waals surface area contributed by atoms with Crippen LogP contribution in [0.25, 0.3) is 0 Å². The minimum absolute atomic E-state index is 0.00753. The van der Waals surface area contributed by atoms with Crippen molar-refractivity contribution in [3.05, 3.63) is 67.6 Å². The topological polar surface area (TPSA) is 72.5 Å². The standard InChI is InChI=1S/C21H18Br2F3NO4/c1-11(2)10-31-18(28)9-27-20(30)14-3-12(5-16(22)7-14)19(29)13-4-15(21(24,25)26)8-17(23)6-13/h3-8,11H,9-10H2,1-2H3,(H,27,30). The average molecular weight is 565 g/mol. The number of rotatable bonds is 7. The lowest BCUT2D eigenvalue weighted by Gasteiger charge is -2.11. The molecule has 0 heterocycles. The molecular weight excluding hydrogens is 547 g/mol. The Morgan fingerprint density at radius 1 is 0.935 bits per heavy atom. The van der Waals surface area contributed by atoms with E-state index in [0.29, 0.717) is 4.47 Å². The highest BCUT2D eigenvalue weighted by atomic mass is 79.9. The number of hydrogen-bond acceptors (Lipinski definition) is 4. The van der Waals surface area contributed by atoms with Gasteiger partial charge in [0.2, 0.25) is 0 Å². The Hall–Kier alpha value is -2.20. The molecule has 0 fully saturated rings. The highest BCUT2D eigenvalue weighted by Crippen LogP contribution is 2.32. The summed E-state index contributed by atoms with van der Waals surface area (Å²) in [6, 6.07) is 6.95. The van der Waals surface area contributed by atoms with E-state index >= 15 is 0 Å². The van der Waals surface area contributed by atoms with Gasteiger partial charge in [0.15, 0.2) is 5.78 Å². The molecule has 0 bridgehead atoms. The number of amides is 1. The van der Waals surface area contributed by atoms with Crippen LogP contribution in [0.3, 0.4) is 0 Å². The van der Waals surface area contributed by atoms with Crippen LogP contribution in [-0.4, -0.2) is 30.8 Å². The summed E-state index contributed by atoms with van der Waals surface area (Å²) in [5.41, 5.74) is -1.10. The van der Waals surface area contributed by atoms with Gasteiger partial charge >= 0.3 is 12.1 Å². The number of alkyl halides is 3. The molecule has 0 spiro atoms. The fraction of sp³-hybridized carbons (Fsp3) is 0.286. The summed E-state index contributed by atoms with van der Waals surface area (Å²) in [5.74, 6) is -1.79. The highest BCUT2D eigenvalue weighted by Gasteiger charge is 2.31. The van der Waals surface area contributed by atoms with Crippen molar-refractivity contribution >= 4 is 49.5 Å². The normalized spacial score (nSPS) is 11.4. The zero-order valence-electron chi connectivity index (χ0n) is 16.5. The zero-order valence-corrected chi connectivity index (χ0v) is 19.7. The lowest BCUT2D eigenvalue weighted by molar-refractivity contribution is -0.143. The largest absolute Gasteiger partial charge is 0.464 e. The van der Waals surface area contributed by atoms with Crippen LogP contribution in [0, 0.1) is 5.92 Å². The molecule has 0 aromatic heterocycles. The molecule has 0 aliphatic heterocycles. The van der Waals surface area contributed by atoms with Gasteiger partial charge in [0, 0.05) is 25.6 Å². The van der Waals surface area contributed by atoms with Crippen molar-refractivity contribution in [2.24, 2.45) is 5.92 Å². The first-order valence-electron chi connectivity index (χ1n) is 9.03. The fourth-order valence-electron chi connectivity index (χ4n) is 2.47. The third kappa shape index (κ3) is 7.46. The molecule has 10 heteroatoms. The summed E-state index contributed by atoms with van der Waals surface area (Å²) in [5, 5.41) is 2.39. The van der Waals surface area contributed by atoms with Gasteiger partial charge in [-0.1, -0.05) is 45.7 Å². The first kappa shape index (κ1) is 25.1. The van der Waals surface area contributed by atoms with Crippen molar-refractivity contribution < 1.29 is 32.3 Å². The van der Waals surface area contributed by atoms with Crippen LogP contribution in [0.15, 0.2) is 45.3 Å². The Morgan fingerprint density at radius 3 is 2.06 bits per heavy atom. The molecule has 0 aliphatic carbocycles. The Labute approximate surface area is 193 Å². The number of hydrogen-bond donors (Lipinski definition) is 1. The van der Waals surface area contributed by atoms with Gasteiger partial charge in [-0.3, -0.25) is 14.4 Å². The van der Waals surface area contributed by atoms with Crippen LogP contribution < -0.4 is 5.32 Å². The van der Waals surface area contributed by atoms with Gasteiger partial charge in [0.25, 0.3) is 5.91 Å². The Bertz CT molecular complexity index is 1010. The molecule has 1 amide bonds. The van der Waals surface area contributed by atoms with Gasteiger partial charge < -0.3 is 10.1 Å². The summed E-state index contributed by atoms with van der Waals surface area (Å²) in [6.07, 6.45) is -4.62. The van der Waals surface area contributed by atoms with Crippen molar-refractivity contribution in [3.8, 4) is 0 Å². The Balaban J connectivity index is 2.23. The third-order valence-corrected chi connectivity index (χ3v) is 4.80. The quantitative estimate of drug-likeness (QED) is 0.361. The third-order valence-electron chi connectivity index (χ3n) is 3.88. The predicted molar refractivity (Wildman–Crippen MR) is 115 cm³/mol. The summed E-state index contributed by atoms with van der Waals surface area (Å²) in [6.45, 7) is 3.60. The van der Waals surface area contributed by atoms with Crippen molar-refractivity contribution in [1.29, 1.82) is 0 Å². The molecule has 0 saturated heterocycles. The van der Waals surface area contributed by atoms with E-state index in [-0.39, 0.29) is 40.2 Å². The van der Waals surface area contributed by atoms with Crippen molar-refractivity contribution in [2.75, 3.05) is 13.2 Å². The van der Waals surface area contributed by atoms with Crippen molar-refractivity contribution in [1.82, 2.24) is 5.32 Å². The summed E-state index contributed by atoms with van der Waals surface area (Å²) in [4.78, 5) is 36.8. The van der Waals surface area contributed by atoms with Crippen molar-refractivity contribution in [2.45, 2.75) is 20.0 Å². The zero-order chi connectivity index (χ0) is 23.3. The molecule has 2 aromatic carbocycles. The van der Waals surface area contributed by atoms with Gasteiger partial charge in [-0.2, -0.15) is 13.2 Å². The van der Waals surface area contributed by atoms with Crippen LogP contribution in [-0.2, 0) is 15.7 Å². The fourth-order valence-corrected chi connectivity index (χ4v) is 3.45. The van der Waals surface area contributed by atoms with Crippen LogP contribution in [0.1, 0.15) is 45.7 Å². The molecule has 0 atom stereocenters. The van der Waals surface area contributed by atoms with Crippen LogP contribution in [0.4, 0.5) is 13.2 Å². The molecule has 31 heavy (non-hydrogen) atoms. The monoisotopic (exact) mass is 563 g/mol. The van der Waals surface area contributed by atoms with Gasteiger partial charge in [-0.05, 0) is 42.3 Å². The van der Waals surface area contributed by atoms with Crippen molar-refractivity contribution in [3.63, 3.8) is 0 Å². The summed E-state index contributed by atoms with van der Waals surface area (Å²) >= 11 is 6.18. The molecule has 0 radical (unpaired) electrons. The van der Waals surface area contributed by atoms with E-state index in [0.717, 1.165) is 12.1 Å². The van der Waals surface area contributed by atoms with Gasteiger partial charge in [0.05, 0.1) is 12.2 Å². The lowest BCUT2D eigenvalue weighted by Crippen LogP contribution is -2.31. The molecule has 0 aliphatic rings. The second-order valence-corrected chi connectivity index (χ2v) is 8.87. The molecule has 1 N–H and O–H groups in total. The minimum atomic E-state index is -4.62. The number of nitrogens with one attached hydrogen (secondary N) is 1. The summed E-state index contributed by atoms with van der Waals surface area (Å²) < 4.78 is 44.6. The maximum absolute atomic E-state index is 13.1. The number of esters is 1. The molecule has 166 valence electrons. The lowest BCUT2D eigenvalue weighted by atomic mass is 9.99. The summed E-state index contributed by atoms with van der Waals surface area (Å²) in [7, 11) is 0. The van der Waals surface area contributed by atoms with E-state index in [1.807, 2.05) is 13.8 Å². The number of ether oxygens (including phenoxy) is 1. The Kier molecular flexibility index (Phi) is 8.41. The SMILES string of the molecule is CC(C)COC(=O)CNC(=O)c1cc(Br)cc(C(=O)c2cc(Br)cc(C(F)(F)F)c2)c1.